The predicted octanol–water partition coefficient (Wildman–Crippen LogP) is 1.97. The smallest absolute Gasteiger partial charge is 0.346 e. The van der Waals surface area contributed by atoms with Crippen molar-refractivity contribution in [2.75, 3.05) is 7.11 Å². The van der Waals surface area contributed by atoms with Gasteiger partial charge < -0.3 is 9.47 Å². The Morgan fingerprint density at radius 2 is 2.00 bits per heavy atom. The van der Waals surface area contributed by atoms with Crippen LogP contribution in [0.5, 0.6) is 5.75 Å². The van der Waals surface area contributed by atoms with Gasteiger partial charge in [0.1, 0.15) is 11.6 Å². The lowest BCUT2D eigenvalue weighted by Gasteiger charge is -2.12. The van der Waals surface area contributed by atoms with Gasteiger partial charge in [0.05, 0.1) is 12.7 Å². The van der Waals surface area contributed by atoms with E-state index in [2.05, 4.69) is 4.74 Å². The van der Waals surface area contributed by atoms with Crippen LogP contribution in [-0.4, -0.2) is 25.0 Å². The quantitative estimate of drug-likeness (QED) is 0.596. The van der Waals surface area contributed by atoms with Crippen LogP contribution in [0.15, 0.2) is 18.2 Å². The average Bonchev–Trinajstić information content (AvgIpc) is 2.27. The molecule has 92 valence electrons. The van der Waals surface area contributed by atoms with Gasteiger partial charge in [0.25, 0.3) is 0 Å². The SMILES string of the molecule is COC(=O)[C@@H](C)Oc1ccc(C(C)=O)c(F)c1. The summed E-state index contributed by atoms with van der Waals surface area (Å²) < 4.78 is 23.0. The van der Waals surface area contributed by atoms with Crippen LogP contribution in [0.2, 0.25) is 0 Å². The largest absolute Gasteiger partial charge is 0.479 e. The number of hydrogen-bond acceptors (Lipinski definition) is 4. The molecule has 0 amide bonds. The van der Waals surface area contributed by atoms with Gasteiger partial charge in [-0.3, -0.25) is 4.79 Å². The molecule has 17 heavy (non-hydrogen) atoms. The molecule has 1 rings (SSSR count). The Hall–Kier alpha value is -1.91. The minimum atomic E-state index is -0.831. The number of carbonyl (C=O) groups is 2. The van der Waals surface area contributed by atoms with Gasteiger partial charge in [0, 0.05) is 6.07 Å². The second-order valence-corrected chi connectivity index (χ2v) is 3.48. The summed E-state index contributed by atoms with van der Waals surface area (Å²) in [5.74, 6) is -1.42. The monoisotopic (exact) mass is 240 g/mol. The van der Waals surface area contributed by atoms with Gasteiger partial charge in [-0.25, -0.2) is 9.18 Å². The first-order chi connectivity index (χ1) is 7.95. The van der Waals surface area contributed by atoms with Crippen LogP contribution in [0.3, 0.4) is 0 Å². The van der Waals surface area contributed by atoms with E-state index in [0.29, 0.717) is 0 Å². The highest BCUT2D eigenvalue weighted by Crippen LogP contribution is 2.18. The van der Waals surface area contributed by atoms with Crippen LogP contribution in [0.1, 0.15) is 24.2 Å². The van der Waals surface area contributed by atoms with E-state index in [0.717, 1.165) is 6.07 Å². The molecule has 1 aromatic carbocycles. The molecule has 4 nitrogen and oxygen atoms in total. The summed E-state index contributed by atoms with van der Waals surface area (Å²) in [6, 6.07) is 3.81. The zero-order valence-electron chi connectivity index (χ0n) is 9.82. The maximum atomic E-state index is 13.4. The van der Waals surface area contributed by atoms with Crippen molar-refractivity contribution in [2.45, 2.75) is 20.0 Å². The Morgan fingerprint density at radius 1 is 1.35 bits per heavy atom. The first kappa shape index (κ1) is 13.2. The second kappa shape index (κ2) is 5.43. The topological polar surface area (TPSA) is 52.6 Å². The van der Waals surface area contributed by atoms with E-state index < -0.39 is 17.9 Å². The fraction of sp³-hybridized carbons (Fsp3) is 0.333. The number of benzene rings is 1. The Kier molecular flexibility index (Phi) is 4.20. The van der Waals surface area contributed by atoms with Crippen molar-refractivity contribution >= 4 is 11.8 Å². The third-order valence-electron chi connectivity index (χ3n) is 2.17. The number of halogens is 1. The van der Waals surface area contributed by atoms with Crippen molar-refractivity contribution < 1.29 is 23.5 Å². The molecular weight excluding hydrogens is 227 g/mol. The summed E-state index contributed by atoms with van der Waals surface area (Å²) in [7, 11) is 1.24. The molecule has 0 heterocycles. The lowest BCUT2D eigenvalue weighted by molar-refractivity contribution is -0.147. The molecule has 5 heteroatoms. The lowest BCUT2D eigenvalue weighted by Crippen LogP contribution is -2.24. The summed E-state index contributed by atoms with van der Waals surface area (Å²) in [4.78, 5) is 22.1. The summed E-state index contributed by atoms with van der Waals surface area (Å²) in [6.45, 7) is 2.76. The Labute approximate surface area is 98.3 Å². The second-order valence-electron chi connectivity index (χ2n) is 3.48. The van der Waals surface area contributed by atoms with Gasteiger partial charge in [-0.05, 0) is 26.0 Å². The molecule has 0 aromatic heterocycles. The van der Waals surface area contributed by atoms with Crippen molar-refractivity contribution in [3.63, 3.8) is 0 Å². The van der Waals surface area contributed by atoms with Crippen LogP contribution >= 0.6 is 0 Å². The zero-order chi connectivity index (χ0) is 13.0. The summed E-state index contributed by atoms with van der Waals surface area (Å²) >= 11 is 0. The van der Waals surface area contributed by atoms with Gasteiger partial charge in [-0.2, -0.15) is 0 Å². The standard InChI is InChI=1S/C12H13FO4/c1-7(14)10-5-4-9(6-11(10)13)17-8(2)12(15)16-3/h4-6,8H,1-3H3/t8-/m1/s1. The van der Waals surface area contributed by atoms with Gasteiger partial charge in [0.2, 0.25) is 0 Å². The number of carbonyl (C=O) groups excluding carboxylic acids is 2. The van der Waals surface area contributed by atoms with E-state index in [4.69, 9.17) is 4.74 Å². The maximum absolute atomic E-state index is 13.4. The number of ether oxygens (including phenoxy) is 2. The molecule has 0 saturated heterocycles. The summed E-state index contributed by atoms with van der Waals surface area (Å²) in [5, 5.41) is 0. The molecule has 0 saturated carbocycles. The summed E-state index contributed by atoms with van der Waals surface area (Å²) in [5.41, 5.74) is -0.0110. The van der Waals surface area contributed by atoms with Gasteiger partial charge in [0.15, 0.2) is 11.9 Å². The third kappa shape index (κ3) is 3.27. The molecule has 0 radical (unpaired) electrons. The molecule has 0 aliphatic heterocycles. The van der Waals surface area contributed by atoms with Gasteiger partial charge in [-0.15, -0.1) is 0 Å². The van der Waals surface area contributed by atoms with E-state index in [1.807, 2.05) is 0 Å². The molecular formula is C12H13FO4. The Balaban J connectivity index is 2.84. The molecule has 0 unspecified atom stereocenters. The van der Waals surface area contributed by atoms with E-state index in [1.165, 1.54) is 33.1 Å². The predicted molar refractivity (Wildman–Crippen MR) is 58.5 cm³/mol. The van der Waals surface area contributed by atoms with Crippen molar-refractivity contribution in [1.82, 2.24) is 0 Å². The molecule has 0 spiro atoms. The highest BCUT2D eigenvalue weighted by Gasteiger charge is 2.16. The highest BCUT2D eigenvalue weighted by molar-refractivity contribution is 5.94. The number of esters is 1. The fourth-order valence-corrected chi connectivity index (χ4v) is 1.27. The summed E-state index contributed by atoms with van der Waals surface area (Å²) in [6.07, 6.45) is -0.831. The van der Waals surface area contributed by atoms with Crippen molar-refractivity contribution in [3.8, 4) is 5.75 Å². The average molecular weight is 240 g/mol. The number of Topliss-reactive ketones (excluding diaryl/α,β-unsaturated/α-hetero) is 1. The normalized spacial score (nSPS) is 11.8. The molecule has 1 atom stereocenters. The van der Waals surface area contributed by atoms with Crippen LogP contribution in [-0.2, 0) is 9.53 Å². The number of rotatable bonds is 4. The number of ketones is 1. The van der Waals surface area contributed by atoms with E-state index in [1.54, 1.807) is 0 Å². The van der Waals surface area contributed by atoms with Crippen molar-refractivity contribution in [2.24, 2.45) is 0 Å². The fourth-order valence-electron chi connectivity index (χ4n) is 1.27. The molecule has 0 aliphatic carbocycles. The van der Waals surface area contributed by atoms with Crippen LogP contribution < -0.4 is 4.74 Å². The first-order valence-electron chi connectivity index (χ1n) is 5.00. The number of hydrogen-bond donors (Lipinski definition) is 0. The van der Waals surface area contributed by atoms with Gasteiger partial charge >= 0.3 is 5.97 Å². The highest BCUT2D eigenvalue weighted by atomic mass is 19.1. The number of methoxy groups -OCH3 is 1. The van der Waals surface area contributed by atoms with Crippen LogP contribution in [0.4, 0.5) is 4.39 Å². The van der Waals surface area contributed by atoms with Crippen LogP contribution in [0.25, 0.3) is 0 Å². The minimum Gasteiger partial charge on any atom is -0.479 e. The minimum absolute atomic E-state index is 0.0110. The molecule has 0 bridgehead atoms. The lowest BCUT2D eigenvalue weighted by atomic mass is 10.1. The van der Waals surface area contributed by atoms with Crippen LogP contribution in [0, 0.1) is 5.82 Å². The van der Waals surface area contributed by atoms with Gasteiger partial charge in [-0.1, -0.05) is 0 Å². The molecule has 0 fully saturated rings. The zero-order valence-corrected chi connectivity index (χ0v) is 9.82. The van der Waals surface area contributed by atoms with E-state index in [9.17, 15) is 14.0 Å². The molecule has 0 aliphatic rings. The first-order valence-corrected chi connectivity index (χ1v) is 5.00. The molecule has 1 aromatic rings. The maximum Gasteiger partial charge on any atom is 0.346 e. The van der Waals surface area contributed by atoms with E-state index >= 15 is 0 Å². The molecule has 0 N–H and O–H groups in total. The van der Waals surface area contributed by atoms with E-state index in [-0.39, 0.29) is 17.1 Å². The van der Waals surface area contributed by atoms with Crippen molar-refractivity contribution in [3.05, 3.63) is 29.6 Å². The Morgan fingerprint density at radius 3 is 2.47 bits per heavy atom. The third-order valence-corrected chi connectivity index (χ3v) is 2.17. The Bertz CT molecular complexity index is 442. The van der Waals surface area contributed by atoms with Crippen molar-refractivity contribution in [1.29, 1.82) is 0 Å².